The smallest absolute Gasteiger partial charge is 0.163 e. The number of carbonyl (C=O) groups excluding carboxylic acids is 1. The van der Waals surface area contributed by atoms with E-state index in [4.69, 9.17) is 11.6 Å². The molecule has 0 aromatic carbocycles. The maximum atomic E-state index is 10.7. The molecular formula is C9H6ClN3O. The molecule has 14 heavy (non-hydrogen) atoms. The van der Waals surface area contributed by atoms with Gasteiger partial charge >= 0.3 is 0 Å². The van der Waals surface area contributed by atoms with Crippen molar-refractivity contribution >= 4 is 17.9 Å². The van der Waals surface area contributed by atoms with Crippen molar-refractivity contribution in [2.45, 2.75) is 0 Å². The molecule has 2 heterocycles. The fourth-order valence-electron chi connectivity index (χ4n) is 1.11. The zero-order valence-electron chi connectivity index (χ0n) is 7.09. The quantitative estimate of drug-likeness (QED) is 0.705. The van der Waals surface area contributed by atoms with E-state index in [1.54, 1.807) is 30.6 Å². The van der Waals surface area contributed by atoms with E-state index in [2.05, 4.69) is 10.1 Å². The fourth-order valence-corrected chi connectivity index (χ4v) is 1.25. The first kappa shape index (κ1) is 8.90. The van der Waals surface area contributed by atoms with E-state index in [0.29, 0.717) is 16.5 Å². The van der Waals surface area contributed by atoms with Gasteiger partial charge in [0.05, 0.1) is 5.56 Å². The zero-order valence-corrected chi connectivity index (χ0v) is 7.85. The Labute approximate surface area is 85.1 Å². The van der Waals surface area contributed by atoms with Crippen molar-refractivity contribution in [3.8, 4) is 5.82 Å². The molecule has 0 amide bonds. The largest absolute Gasteiger partial charge is 0.298 e. The van der Waals surface area contributed by atoms with Crippen LogP contribution in [0.4, 0.5) is 0 Å². The number of hydrogen-bond acceptors (Lipinski definition) is 3. The van der Waals surface area contributed by atoms with Gasteiger partial charge in [0, 0.05) is 12.4 Å². The summed E-state index contributed by atoms with van der Waals surface area (Å²) in [7, 11) is 0. The summed E-state index contributed by atoms with van der Waals surface area (Å²) in [6.45, 7) is 0. The first-order valence-electron chi connectivity index (χ1n) is 3.93. The molecule has 0 spiro atoms. The number of rotatable bonds is 2. The number of halogens is 1. The average molecular weight is 208 g/mol. The third-order valence-corrected chi connectivity index (χ3v) is 1.92. The van der Waals surface area contributed by atoms with Crippen LogP contribution in [0.1, 0.15) is 10.4 Å². The minimum Gasteiger partial charge on any atom is -0.298 e. The van der Waals surface area contributed by atoms with Crippen LogP contribution in [-0.2, 0) is 0 Å². The van der Waals surface area contributed by atoms with Gasteiger partial charge in [0.25, 0.3) is 0 Å². The number of nitrogens with zero attached hydrogens (tertiary/aromatic N) is 3. The molecule has 0 aliphatic heterocycles. The maximum absolute atomic E-state index is 10.7. The lowest BCUT2D eigenvalue weighted by atomic mass is 10.3. The second kappa shape index (κ2) is 3.59. The van der Waals surface area contributed by atoms with Crippen molar-refractivity contribution in [1.82, 2.24) is 14.8 Å². The number of pyridine rings is 1. The molecule has 0 atom stereocenters. The summed E-state index contributed by atoms with van der Waals surface area (Å²) >= 11 is 5.66. The summed E-state index contributed by atoms with van der Waals surface area (Å²) in [5.74, 6) is 0.481. The third kappa shape index (κ3) is 1.52. The highest BCUT2D eigenvalue weighted by Gasteiger charge is 2.05. The fraction of sp³-hybridized carbons (Fsp3) is 0. The molecule has 70 valence electrons. The van der Waals surface area contributed by atoms with Gasteiger partial charge in [-0.05, 0) is 18.2 Å². The van der Waals surface area contributed by atoms with Gasteiger partial charge in [0.1, 0.15) is 0 Å². The van der Waals surface area contributed by atoms with Crippen molar-refractivity contribution in [2.24, 2.45) is 0 Å². The van der Waals surface area contributed by atoms with Crippen LogP contribution >= 0.6 is 11.6 Å². The Balaban J connectivity index is 2.55. The van der Waals surface area contributed by atoms with Gasteiger partial charge in [-0.25, -0.2) is 9.67 Å². The Bertz CT molecular complexity index is 467. The zero-order chi connectivity index (χ0) is 9.97. The first-order valence-corrected chi connectivity index (χ1v) is 4.31. The van der Waals surface area contributed by atoms with Crippen LogP contribution in [0.5, 0.6) is 0 Å². The van der Waals surface area contributed by atoms with Crippen LogP contribution in [-0.4, -0.2) is 21.1 Å². The van der Waals surface area contributed by atoms with Crippen LogP contribution < -0.4 is 0 Å². The summed E-state index contributed by atoms with van der Waals surface area (Å²) in [4.78, 5) is 14.7. The van der Waals surface area contributed by atoms with E-state index < -0.39 is 0 Å². The number of hydrogen-bond donors (Lipinski definition) is 0. The molecule has 0 aliphatic carbocycles. The van der Waals surface area contributed by atoms with Gasteiger partial charge in [-0.2, -0.15) is 5.10 Å². The molecule has 4 nitrogen and oxygen atoms in total. The molecule has 0 saturated heterocycles. The third-order valence-electron chi connectivity index (χ3n) is 1.72. The van der Waals surface area contributed by atoms with Gasteiger partial charge in [-0.3, -0.25) is 4.79 Å². The van der Waals surface area contributed by atoms with Gasteiger partial charge in [-0.1, -0.05) is 11.6 Å². The Morgan fingerprint density at radius 2 is 2.29 bits per heavy atom. The lowest BCUT2D eigenvalue weighted by Crippen LogP contribution is -2.02. The van der Waals surface area contributed by atoms with E-state index in [1.165, 1.54) is 4.68 Å². The Morgan fingerprint density at radius 1 is 1.43 bits per heavy atom. The lowest BCUT2D eigenvalue weighted by molar-refractivity contribution is 0.112. The summed E-state index contributed by atoms with van der Waals surface area (Å²) in [5, 5.41) is 4.32. The van der Waals surface area contributed by atoms with E-state index in [9.17, 15) is 4.79 Å². The van der Waals surface area contributed by atoms with E-state index in [-0.39, 0.29) is 0 Å². The normalized spacial score (nSPS) is 10.1. The SMILES string of the molecule is O=Cc1cccnc1-n1ccc(Cl)n1. The number of carbonyl (C=O) groups is 1. The molecule has 0 saturated carbocycles. The second-order valence-electron chi connectivity index (χ2n) is 2.62. The van der Waals surface area contributed by atoms with Gasteiger partial charge < -0.3 is 0 Å². The van der Waals surface area contributed by atoms with Crippen LogP contribution in [0, 0.1) is 0 Å². The number of aromatic nitrogens is 3. The van der Waals surface area contributed by atoms with Crippen LogP contribution in [0.15, 0.2) is 30.6 Å². The summed E-state index contributed by atoms with van der Waals surface area (Å²) < 4.78 is 1.46. The van der Waals surface area contributed by atoms with Crippen LogP contribution in [0.2, 0.25) is 5.15 Å². The van der Waals surface area contributed by atoms with Crippen molar-refractivity contribution in [3.63, 3.8) is 0 Å². The highest BCUT2D eigenvalue weighted by molar-refractivity contribution is 6.29. The van der Waals surface area contributed by atoms with E-state index in [0.717, 1.165) is 6.29 Å². The van der Waals surface area contributed by atoms with Crippen molar-refractivity contribution in [1.29, 1.82) is 0 Å². The molecule has 2 aromatic rings. The average Bonchev–Trinajstić information content (AvgIpc) is 2.65. The molecular weight excluding hydrogens is 202 g/mol. The van der Waals surface area contributed by atoms with Gasteiger partial charge in [0.15, 0.2) is 17.3 Å². The topological polar surface area (TPSA) is 47.8 Å². The molecule has 0 aliphatic rings. The minimum absolute atomic E-state index is 0.368. The highest BCUT2D eigenvalue weighted by atomic mass is 35.5. The van der Waals surface area contributed by atoms with Crippen molar-refractivity contribution in [3.05, 3.63) is 41.3 Å². The molecule has 2 aromatic heterocycles. The Kier molecular flexibility index (Phi) is 2.28. The maximum Gasteiger partial charge on any atom is 0.163 e. The summed E-state index contributed by atoms with van der Waals surface area (Å²) in [6.07, 6.45) is 3.98. The molecule has 2 rings (SSSR count). The predicted molar refractivity (Wildman–Crippen MR) is 51.8 cm³/mol. The predicted octanol–water partition coefficient (Wildman–Crippen LogP) is 1.73. The van der Waals surface area contributed by atoms with Crippen LogP contribution in [0.3, 0.4) is 0 Å². The second-order valence-corrected chi connectivity index (χ2v) is 3.00. The standard InChI is InChI=1S/C9H6ClN3O/c10-8-3-5-13(12-8)9-7(6-14)2-1-4-11-9/h1-6H. The highest BCUT2D eigenvalue weighted by Crippen LogP contribution is 2.10. The van der Waals surface area contributed by atoms with Crippen molar-refractivity contribution < 1.29 is 4.79 Å². The summed E-state index contributed by atoms with van der Waals surface area (Å²) in [6, 6.07) is 4.99. The van der Waals surface area contributed by atoms with Gasteiger partial charge in [0.2, 0.25) is 0 Å². The monoisotopic (exact) mass is 207 g/mol. The Hall–Kier alpha value is -1.68. The molecule has 5 heteroatoms. The first-order chi connectivity index (χ1) is 6.81. The van der Waals surface area contributed by atoms with Gasteiger partial charge in [-0.15, -0.1) is 0 Å². The lowest BCUT2D eigenvalue weighted by Gasteiger charge is -2.01. The van der Waals surface area contributed by atoms with Crippen LogP contribution in [0.25, 0.3) is 5.82 Å². The minimum atomic E-state index is 0.368. The molecule has 0 bridgehead atoms. The molecule has 0 unspecified atom stereocenters. The molecule has 0 radical (unpaired) electrons. The van der Waals surface area contributed by atoms with E-state index in [1.807, 2.05) is 0 Å². The molecule has 0 N–H and O–H groups in total. The van der Waals surface area contributed by atoms with E-state index >= 15 is 0 Å². The van der Waals surface area contributed by atoms with Crippen molar-refractivity contribution in [2.75, 3.05) is 0 Å². The number of aldehydes is 1. The molecule has 0 fully saturated rings. The summed E-state index contributed by atoms with van der Waals surface area (Å²) in [5.41, 5.74) is 0.479. The Morgan fingerprint density at radius 3 is 2.93 bits per heavy atom.